The van der Waals surface area contributed by atoms with Gasteiger partial charge in [0.1, 0.15) is 0 Å². The van der Waals surface area contributed by atoms with Crippen molar-refractivity contribution in [2.24, 2.45) is 0 Å². The maximum Gasteiger partial charge on any atom is 0.258 e. The van der Waals surface area contributed by atoms with Crippen LogP contribution in [0.4, 0.5) is 15.9 Å². The summed E-state index contributed by atoms with van der Waals surface area (Å²) in [4.78, 5) is 15.9. The molecule has 0 radical (unpaired) electrons. The van der Waals surface area contributed by atoms with E-state index in [9.17, 15) is 9.18 Å². The molecule has 2 rings (SSSR count). The number of hydrogen-bond donors (Lipinski definition) is 2. The van der Waals surface area contributed by atoms with Gasteiger partial charge in [-0.2, -0.15) is 0 Å². The molecule has 0 saturated heterocycles. The molecule has 0 bridgehead atoms. The quantitative estimate of drug-likeness (QED) is 0.899. The third-order valence-electron chi connectivity index (χ3n) is 2.79. The van der Waals surface area contributed by atoms with Crippen LogP contribution in [0.15, 0.2) is 34.9 Å². The second-order valence-corrected chi connectivity index (χ2v) is 5.04. The number of hydrogen-bond acceptors (Lipinski definition) is 3. The number of carbonyl (C=O) groups is 1. The second-order valence-electron chi connectivity index (χ2n) is 4.19. The van der Waals surface area contributed by atoms with Gasteiger partial charge in [-0.25, -0.2) is 9.37 Å². The van der Waals surface area contributed by atoms with E-state index in [1.807, 2.05) is 13.0 Å². The zero-order chi connectivity index (χ0) is 14.7. The Bertz CT molecular complexity index is 661. The van der Waals surface area contributed by atoms with Crippen LogP contribution in [0.1, 0.15) is 15.9 Å². The highest BCUT2D eigenvalue weighted by Gasteiger charge is 2.15. The Kier molecular flexibility index (Phi) is 4.34. The van der Waals surface area contributed by atoms with Gasteiger partial charge in [-0.3, -0.25) is 4.79 Å². The van der Waals surface area contributed by atoms with E-state index in [2.05, 4.69) is 31.5 Å². The molecule has 20 heavy (non-hydrogen) atoms. The van der Waals surface area contributed by atoms with Gasteiger partial charge in [-0.15, -0.1) is 0 Å². The number of rotatable bonds is 3. The average molecular weight is 338 g/mol. The van der Waals surface area contributed by atoms with E-state index >= 15 is 0 Å². The van der Waals surface area contributed by atoms with Crippen molar-refractivity contribution in [1.82, 2.24) is 4.98 Å². The summed E-state index contributed by atoms with van der Waals surface area (Å²) in [6, 6.07) is 6.72. The molecule has 0 saturated carbocycles. The number of nitrogens with zero attached hydrogens (tertiary/aromatic N) is 1. The minimum absolute atomic E-state index is 0.0460. The minimum atomic E-state index is -0.665. The number of benzene rings is 1. The number of anilines is 2. The van der Waals surface area contributed by atoms with Crippen LogP contribution in [-0.4, -0.2) is 17.9 Å². The molecular formula is C14H13BrFN3O. The molecule has 0 fully saturated rings. The zero-order valence-corrected chi connectivity index (χ0v) is 12.6. The van der Waals surface area contributed by atoms with Crippen molar-refractivity contribution in [3.63, 3.8) is 0 Å². The summed E-state index contributed by atoms with van der Waals surface area (Å²) in [6.45, 7) is 1.91. The van der Waals surface area contributed by atoms with Gasteiger partial charge in [0.25, 0.3) is 5.91 Å². The Labute approximate surface area is 124 Å². The van der Waals surface area contributed by atoms with Crippen molar-refractivity contribution in [3.05, 3.63) is 51.9 Å². The van der Waals surface area contributed by atoms with E-state index < -0.39 is 11.7 Å². The van der Waals surface area contributed by atoms with E-state index in [0.717, 1.165) is 10.0 Å². The number of pyridine rings is 1. The van der Waals surface area contributed by atoms with Crippen molar-refractivity contribution < 1.29 is 9.18 Å². The van der Waals surface area contributed by atoms with Crippen LogP contribution < -0.4 is 10.6 Å². The molecule has 0 spiro atoms. The number of carbonyl (C=O) groups excluding carboxylic acids is 1. The molecule has 0 unspecified atom stereocenters. The van der Waals surface area contributed by atoms with Crippen LogP contribution in [0.25, 0.3) is 0 Å². The molecular weight excluding hydrogens is 325 g/mol. The molecule has 4 nitrogen and oxygen atoms in total. The van der Waals surface area contributed by atoms with E-state index in [1.165, 1.54) is 12.3 Å². The van der Waals surface area contributed by atoms with Gasteiger partial charge in [-0.1, -0.05) is 15.9 Å². The van der Waals surface area contributed by atoms with E-state index in [-0.39, 0.29) is 11.4 Å². The summed E-state index contributed by atoms with van der Waals surface area (Å²) in [7, 11) is 1.55. The predicted molar refractivity (Wildman–Crippen MR) is 80.6 cm³/mol. The monoisotopic (exact) mass is 337 g/mol. The van der Waals surface area contributed by atoms with Crippen LogP contribution in [0, 0.1) is 12.7 Å². The van der Waals surface area contributed by atoms with Crippen molar-refractivity contribution >= 4 is 33.3 Å². The zero-order valence-electron chi connectivity index (χ0n) is 11.0. The van der Waals surface area contributed by atoms with E-state index in [4.69, 9.17) is 0 Å². The summed E-state index contributed by atoms with van der Waals surface area (Å²) in [5.41, 5.74) is 1.54. The molecule has 1 heterocycles. The van der Waals surface area contributed by atoms with E-state index in [1.54, 1.807) is 19.2 Å². The first-order chi connectivity index (χ1) is 9.52. The first-order valence-electron chi connectivity index (χ1n) is 5.92. The van der Waals surface area contributed by atoms with Crippen LogP contribution in [0.3, 0.4) is 0 Å². The Morgan fingerprint density at radius 3 is 2.75 bits per heavy atom. The summed E-state index contributed by atoms with van der Waals surface area (Å²) in [5.74, 6) is -1.13. The fourth-order valence-corrected chi connectivity index (χ4v) is 1.96. The number of nitrogens with one attached hydrogen (secondary N) is 2. The Hall–Kier alpha value is -1.95. The van der Waals surface area contributed by atoms with Crippen LogP contribution in [0.5, 0.6) is 0 Å². The number of amides is 1. The van der Waals surface area contributed by atoms with Crippen LogP contribution >= 0.6 is 15.9 Å². The lowest BCUT2D eigenvalue weighted by molar-refractivity contribution is 0.102. The van der Waals surface area contributed by atoms with Crippen molar-refractivity contribution in [1.29, 1.82) is 0 Å². The maximum atomic E-state index is 14.0. The third-order valence-corrected chi connectivity index (χ3v) is 3.68. The first-order valence-corrected chi connectivity index (χ1v) is 6.72. The summed E-state index contributed by atoms with van der Waals surface area (Å²) in [5, 5.41) is 5.26. The molecule has 2 N–H and O–H groups in total. The maximum absolute atomic E-state index is 14.0. The van der Waals surface area contributed by atoms with Gasteiger partial charge in [0.15, 0.2) is 11.6 Å². The molecule has 104 valence electrons. The standard InChI is InChI=1S/C14H13BrFN3O/c1-8-7-9(3-4-11(8)15)19-14(20)10-5-6-18-13(17-2)12(10)16/h3-7H,1-2H3,(H,17,18)(H,19,20). The second kappa shape index (κ2) is 6.00. The SMILES string of the molecule is CNc1nccc(C(=O)Nc2ccc(Br)c(C)c2)c1F. The highest BCUT2D eigenvalue weighted by Crippen LogP contribution is 2.21. The highest BCUT2D eigenvalue weighted by molar-refractivity contribution is 9.10. The summed E-state index contributed by atoms with van der Waals surface area (Å²) in [6.07, 6.45) is 1.39. The third kappa shape index (κ3) is 2.96. The van der Waals surface area contributed by atoms with Crippen molar-refractivity contribution in [2.45, 2.75) is 6.92 Å². The molecule has 0 aliphatic carbocycles. The fraction of sp³-hybridized carbons (Fsp3) is 0.143. The number of aromatic nitrogens is 1. The fourth-order valence-electron chi connectivity index (χ4n) is 1.71. The predicted octanol–water partition coefficient (Wildman–Crippen LogP) is 3.59. The normalized spacial score (nSPS) is 10.2. The lowest BCUT2D eigenvalue weighted by Crippen LogP contribution is -2.15. The van der Waals surface area contributed by atoms with Gasteiger partial charge in [0.05, 0.1) is 5.56 Å². The molecule has 2 aromatic rings. The lowest BCUT2D eigenvalue weighted by atomic mass is 10.2. The Morgan fingerprint density at radius 1 is 1.35 bits per heavy atom. The summed E-state index contributed by atoms with van der Waals surface area (Å²) >= 11 is 3.38. The lowest BCUT2D eigenvalue weighted by Gasteiger charge is -2.09. The average Bonchev–Trinajstić information content (AvgIpc) is 2.43. The van der Waals surface area contributed by atoms with Crippen molar-refractivity contribution in [3.8, 4) is 0 Å². The molecule has 0 aliphatic heterocycles. The molecule has 6 heteroatoms. The molecule has 1 aromatic carbocycles. The minimum Gasteiger partial charge on any atom is -0.371 e. The van der Waals surface area contributed by atoms with Gasteiger partial charge < -0.3 is 10.6 Å². The largest absolute Gasteiger partial charge is 0.371 e. The molecule has 0 atom stereocenters. The number of aryl methyl sites for hydroxylation is 1. The van der Waals surface area contributed by atoms with Gasteiger partial charge in [0.2, 0.25) is 0 Å². The highest BCUT2D eigenvalue weighted by atomic mass is 79.9. The number of halogens is 2. The Balaban J connectivity index is 2.26. The van der Waals surface area contributed by atoms with Gasteiger partial charge in [0, 0.05) is 23.4 Å². The van der Waals surface area contributed by atoms with Crippen molar-refractivity contribution in [2.75, 3.05) is 17.7 Å². The topological polar surface area (TPSA) is 54.0 Å². The van der Waals surface area contributed by atoms with Gasteiger partial charge in [-0.05, 0) is 36.8 Å². The van der Waals surface area contributed by atoms with Crippen LogP contribution in [0.2, 0.25) is 0 Å². The van der Waals surface area contributed by atoms with Crippen LogP contribution in [-0.2, 0) is 0 Å². The molecule has 1 aromatic heterocycles. The molecule has 0 aliphatic rings. The van der Waals surface area contributed by atoms with Gasteiger partial charge >= 0.3 is 0 Å². The molecule has 1 amide bonds. The smallest absolute Gasteiger partial charge is 0.258 e. The van der Waals surface area contributed by atoms with E-state index in [0.29, 0.717) is 5.69 Å². The Morgan fingerprint density at radius 2 is 2.10 bits per heavy atom. The first kappa shape index (κ1) is 14.5. The summed E-state index contributed by atoms with van der Waals surface area (Å²) < 4.78 is 14.9.